The van der Waals surface area contributed by atoms with Crippen LogP contribution in [-0.2, 0) is 20.8 Å². The number of anilines is 1. The molecule has 0 aliphatic carbocycles. The number of aromatic nitrogens is 1. The van der Waals surface area contributed by atoms with Crippen LogP contribution in [0.25, 0.3) is 0 Å². The highest BCUT2D eigenvalue weighted by Crippen LogP contribution is 2.12. The van der Waals surface area contributed by atoms with Crippen molar-refractivity contribution < 1.29 is 19.1 Å². The van der Waals surface area contributed by atoms with Crippen LogP contribution in [0.3, 0.4) is 0 Å². The highest BCUT2D eigenvalue weighted by atomic mass is 16.5. The first-order valence-electron chi connectivity index (χ1n) is 7.82. The van der Waals surface area contributed by atoms with E-state index < -0.39 is 0 Å². The number of amides is 2. The SMILES string of the molecule is COCCOCC(=O)NCc1cccc(NC(=O)c2cccnc2)c1. The van der Waals surface area contributed by atoms with Gasteiger partial charge in [0.05, 0.1) is 18.8 Å². The molecule has 0 aliphatic rings. The van der Waals surface area contributed by atoms with Gasteiger partial charge in [-0.05, 0) is 29.8 Å². The van der Waals surface area contributed by atoms with Crippen LogP contribution < -0.4 is 10.6 Å². The number of nitrogens with one attached hydrogen (secondary N) is 2. The van der Waals surface area contributed by atoms with Crippen LogP contribution >= 0.6 is 0 Å². The number of rotatable bonds is 9. The first-order chi connectivity index (χ1) is 12.2. The number of carbonyl (C=O) groups is 2. The van der Waals surface area contributed by atoms with Crippen molar-refractivity contribution in [2.24, 2.45) is 0 Å². The highest BCUT2D eigenvalue weighted by Gasteiger charge is 2.07. The van der Waals surface area contributed by atoms with Gasteiger partial charge in [0.15, 0.2) is 0 Å². The van der Waals surface area contributed by atoms with Gasteiger partial charge in [0, 0.05) is 31.7 Å². The summed E-state index contributed by atoms with van der Waals surface area (Å²) in [7, 11) is 1.57. The van der Waals surface area contributed by atoms with E-state index in [2.05, 4.69) is 15.6 Å². The van der Waals surface area contributed by atoms with Crippen LogP contribution in [0.5, 0.6) is 0 Å². The number of hydrogen-bond donors (Lipinski definition) is 2. The summed E-state index contributed by atoms with van der Waals surface area (Å²) in [6.45, 7) is 1.16. The largest absolute Gasteiger partial charge is 0.382 e. The zero-order chi connectivity index (χ0) is 17.9. The van der Waals surface area contributed by atoms with Crippen LogP contribution in [0.4, 0.5) is 5.69 Å². The molecule has 7 nitrogen and oxygen atoms in total. The number of benzene rings is 1. The van der Waals surface area contributed by atoms with Crippen molar-refractivity contribution in [3.63, 3.8) is 0 Å². The van der Waals surface area contributed by atoms with Crippen molar-refractivity contribution in [3.05, 3.63) is 59.9 Å². The van der Waals surface area contributed by atoms with Crippen molar-refractivity contribution in [2.75, 3.05) is 32.2 Å². The second-order valence-corrected chi connectivity index (χ2v) is 5.22. The summed E-state index contributed by atoms with van der Waals surface area (Å²) >= 11 is 0. The Morgan fingerprint density at radius 3 is 2.80 bits per heavy atom. The van der Waals surface area contributed by atoms with Crippen LogP contribution in [0.1, 0.15) is 15.9 Å². The Kier molecular flexibility index (Phi) is 7.55. The second-order valence-electron chi connectivity index (χ2n) is 5.22. The topological polar surface area (TPSA) is 89.5 Å². The maximum atomic E-state index is 12.1. The molecule has 2 aromatic rings. The lowest BCUT2D eigenvalue weighted by molar-refractivity contribution is -0.126. The number of pyridine rings is 1. The first-order valence-corrected chi connectivity index (χ1v) is 7.82. The number of methoxy groups -OCH3 is 1. The molecule has 0 spiro atoms. The molecule has 0 saturated carbocycles. The van der Waals surface area contributed by atoms with Gasteiger partial charge in [0.2, 0.25) is 5.91 Å². The minimum absolute atomic E-state index is 0.0131. The van der Waals surface area contributed by atoms with Gasteiger partial charge in [-0.25, -0.2) is 0 Å². The van der Waals surface area contributed by atoms with Gasteiger partial charge in [0.25, 0.3) is 5.91 Å². The third-order valence-electron chi connectivity index (χ3n) is 3.26. The minimum atomic E-state index is -0.235. The van der Waals surface area contributed by atoms with Gasteiger partial charge in [-0.1, -0.05) is 12.1 Å². The third-order valence-corrected chi connectivity index (χ3v) is 3.26. The Bertz CT molecular complexity index is 692. The third kappa shape index (κ3) is 6.70. The van der Waals surface area contributed by atoms with Crippen molar-refractivity contribution in [1.82, 2.24) is 10.3 Å². The van der Waals surface area contributed by atoms with Gasteiger partial charge in [-0.15, -0.1) is 0 Å². The molecular formula is C18H21N3O4. The number of hydrogen-bond acceptors (Lipinski definition) is 5. The summed E-state index contributed by atoms with van der Waals surface area (Å²) in [6.07, 6.45) is 3.11. The van der Waals surface area contributed by atoms with Gasteiger partial charge >= 0.3 is 0 Å². The van der Waals surface area contributed by atoms with E-state index in [-0.39, 0.29) is 18.4 Å². The van der Waals surface area contributed by atoms with Crippen molar-refractivity contribution >= 4 is 17.5 Å². The Morgan fingerprint density at radius 1 is 1.16 bits per heavy atom. The van der Waals surface area contributed by atoms with E-state index in [1.165, 1.54) is 6.20 Å². The normalized spacial score (nSPS) is 10.3. The lowest BCUT2D eigenvalue weighted by atomic mass is 10.2. The maximum Gasteiger partial charge on any atom is 0.257 e. The smallest absolute Gasteiger partial charge is 0.257 e. The average molecular weight is 343 g/mol. The molecule has 0 unspecified atom stereocenters. The Morgan fingerprint density at radius 2 is 2.04 bits per heavy atom. The summed E-state index contributed by atoms with van der Waals surface area (Å²) in [5.41, 5.74) is 2.00. The van der Waals surface area contributed by atoms with Crippen molar-refractivity contribution in [2.45, 2.75) is 6.54 Å². The standard InChI is InChI=1S/C18H21N3O4/c1-24-8-9-25-13-17(22)20-11-14-4-2-6-16(10-14)21-18(23)15-5-3-7-19-12-15/h2-7,10,12H,8-9,11,13H2,1H3,(H,20,22)(H,21,23). The van der Waals surface area contributed by atoms with Crippen LogP contribution in [0, 0.1) is 0 Å². The van der Waals surface area contributed by atoms with Gasteiger partial charge < -0.3 is 20.1 Å². The molecule has 2 N–H and O–H groups in total. The van der Waals surface area contributed by atoms with E-state index in [0.717, 1.165) is 5.56 Å². The lowest BCUT2D eigenvalue weighted by Gasteiger charge is -2.09. The zero-order valence-corrected chi connectivity index (χ0v) is 14.0. The van der Waals surface area contributed by atoms with E-state index in [9.17, 15) is 9.59 Å². The molecule has 0 saturated heterocycles. The first kappa shape index (κ1) is 18.6. The van der Waals surface area contributed by atoms with Crippen LogP contribution in [0.15, 0.2) is 48.8 Å². The Balaban J connectivity index is 1.82. The summed E-state index contributed by atoms with van der Waals surface area (Å²) < 4.78 is 9.98. The van der Waals surface area contributed by atoms with E-state index in [0.29, 0.717) is 31.0 Å². The molecule has 0 bridgehead atoms. The molecule has 0 atom stereocenters. The highest BCUT2D eigenvalue weighted by molar-refractivity contribution is 6.04. The molecule has 2 rings (SSSR count). The molecule has 132 valence electrons. The quantitative estimate of drug-likeness (QED) is 0.675. The van der Waals surface area contributed by atoms with Gasteiger partial charge in [-0.3, -0.25) is 14.6 Å². The van der Waals surface area contributed by atoms with Gasteiger partial charge in [-0.2, -0.15) is 0 Å². The second kappa shape index (κ2) is 10.2. The fourth-order valence-electron chi connectivity index (χ4n) is 2.02. The molecule has 0 radical (unpaired) electrons. The molecule has 0 fully saturated rings. The molecule has 0 aliphatic heterocycles. The number of carbonyl (C=O) groups excluding carboxylic acids is 2. The predicted octanol–water partition coefficient (Wildman–Crippen LogP) is 1.61. The molecule has 25 heavy (non-hydrogen) atoms. The number of ether oxygens (including phenoxy) is 2. The molecular weight excluding hydrogens is 322 g/mol. The lowest BCUT2D eigenvalue weighted by Crippen LogP contribution is -2.27. The van der Waals surface area contributed by atoms with Crippen LogP contribution in [0.2, 0.25) is 0 Å². The molecule has 1 aromatic carbocycles. The predicted molar refractivity (Wildman–Crippen MR) is 93.2 cm³/mol. The summed E-state index contributed by atoms with van der Waals surface area (Å²) in [4.78, 5) is 27.7. The van der Waals surface area contributed by atoms with Gasteiger partial charge in [0.1, 0.15) is 6.61 Å². The summed E-state index contributed by atoms with van der Waals surface area (Å²) in [5.74, 6) is -0.443. The molecule has 1 aromatic heterocycles. The van der Waals surface area contributed by atoms with E-state index in [4.69, 9.17) is 9.47 Å². The molecule has 1 heterocycles. The molecule has 7 heteroatoms. The van der Waals surface area contributed by atoms with E-state index in [1.807, 2.05) is 12.1 Å². The fraction of sp³-hybridized carbons (Fsp3) is 0.278. The van der Waals surface area contributed by atoms with Crippen LogP contribution in [-0.4, -0.2) is 43.7 Å². The summed E-state index contributed by atoms with van der Waals surface area (Å²) in [5, 5.41) is 5.56. The fourth-order valence-corrected chi connectivity index (χ4v) is 2.02. The van der Waals surface area contributed by atoms with Crippen molar-refractivity contribution in [3.8, 4) is 0 Å². The molecule has 2 amide bonds. The Labute approximate surface area is 146 Å². The summed E-state index contributed by atoms with van der Waals surface area (Å²) in [6, 6.07) is 10.7. The maximum absolute atomic E-state index is 12.1. The number of nitrogens with zero attached hydrogens (tertiary/aromatic N) is 1. The minimum Gasteiger partial charge on any atom is -0.382 e. The van der Waals surface area contributed by atoms with Crippen molar-refractivity contribution in [1.29, 1.82) is 0 Å². The monoisotopic (exact) mass is 343 g/mol. The average Bonchev–Trinajstić information content (AvgIpc) is 2.64. The Hall–Kier alpha value is -2.77. The van der Waals surface area contributed by atoms with E-state index >= 15 is 0 Å². The zero-order valence-electron chi connectivity index (χ0n) is 14.0. The van der Waals surface area contributed by atoms with E-state index in [1.54, 1.807) is 37.6 Å².